The van der Waals surface area contributed by atoms with Crippen LogP contribution in [0.4, 0.5) is 16.8 Å². The molecule has 184 valence electrons. The summed E-state index contributed by atoms with van der Waals surface area (Å²) in [6, 6.07) is 6.91. The molecule has 4 aliphatic heterocycles. The van der Waals surface area contributed by atoms with Crippen LogP contribution in [0.3, 0.4) is 0 Å². The summed E-state index contributed by atoms with van der Waals surface area (Å²) in [5, 5.41) is 4.55. The van der Waals surface area contributed by atoms with Crippen LogP contribution in [0, 0.1) is 0 Å². The molecule has 9 heteroatoms. The van der Waals surface area contributed by atoms with Crippen molar-refractivity contribution in [3.63, 3.8) is 0 Å². The van der Waals surface area contributed by atoms with Crippen LogP contribution in [-0.4, -0.2) is 71.5 Å². The molecule has 35 heavy (non-hydrogen) atoms. The number of anilines is 3. The molecule has 8 nitrogen and oxygen atoms in total. The molecule has 3 aromatic rings. The van der Waals surface area contributed by atoms with Crippen LogP contribution in [0.1, 0.15) is 49.3 Å². The Labute approximate surface area is 209 Å². The monoisotopic (exact) mass is 492 g/mol. The minimum atomic E-state index is 0.368. The molecule has 0 unspecified atom stereocenters. The van der Waals surface area contributed by atoms with Gasteiger partial charge in [0.05, 0.1) is 34.7 Å². The Hall–Kier alpha value is -2.33. The summed E-state index contributed by atoms with van der Waals surface area (Å²) in [5.41, 5.74) is 3.58. The van der Waals surface area contributed by atoms with E-state index >= 15 is 0 Å². The van der Waals surface area contributed by atoms with Gasteiger partial charge in [0.25, 0.3) is 0 Å². The van der Waals surface area contributed by atoms with Gasteiger partial charge >= 0.3 is 0 Å². The Kier molecular flexibility index (Phi) is 5.81. The second-order valence-electron chi connectivity index (χ2n) is 10.3. The highest BCUT2D eigenvalue weighted by molar-refractivity contribution is 7.22. The average Bonchev–Trinajstić information content (AvgIpc) is 3.69. The molecule has 0 aliphatic carbocycles. The molecule has 7 rings (SSSR count). The molecule has 0 amide bonds. The number of nitrogens with one attached hydrogen (secondary N) is 1. The number of rotatable bonds is 6. The highest BCUT2D eigenvalue weighted by atomic mass is 32.1. The van der Waals surface area contributed by atoms with Crippen molar-refractivity contribution in [2.45, 2.75) is 56.7 Å². The first-order valence-corrected chi connectivity index (χ1v) is 13.8. The van der Waals surface area contributed by atoms with Gasteiger partial charge in [-0.1, -0.05) is 17.4 Å². The Balaban J connectivity index is 1.13. The zero-order valence-corrected chi connectivity index (χ0v) is 20.8. The van der Waals surface area contributed by atoms with E-state index in [1.54, 1.807) is 11.3 Å². The summed E-state index contributed by atoms with van der Waals surface area (Å²) < 4.78 is 12.5. The number of fused-ring (bicyclic) bond motifs is 3. The fraction of sp³-hybridized carbons (Fsp3) is 0.577. The van der Waals surface area contributed by atoms with Crippen molar-refractivity contribution in [2.24, 2.45) is 0 Å². The van der Waals surface area contributed by atoms with Crippen LogP contribution in [0.2, 0.25) is 0 Å². The van der Waals surface area contributed by atoms with Crippen LogP contribution in [0.5, 0.6) is 0 Å². The van der Waals surface area contributed by atoms with Crippen molar-refractivity contribution in [1.29, 1.82) is 0 Å². The number of nitrogens with zero attached hydrogens (tertiary/aromatic N) is 5. The SMILES string of the molecule is c1cc(C2CCOCC2)c(CN2CCCC2)nc1Nc1cc2nc(N3C[C@@H]4C[C@H]3CO4)sc2cn1. The lowest BCUT2D eigenvalue weighted by molar-refractivity contribution is 0.0849. The molecular formula is C26H32N6O2S. The summed E-state index contributed by atoms with van der Waals surface area (Å²) in [6.07, 6.45) is 8.16. The number of pyridine rings is 2. The lowest BCUT2D eigenvalue weighted by Gasteiger charge is -2.26. The van der Waals surface area contributed by atoms with Gasteiger partial charge in [-0.2, -0.15) is 0 Å². The lowest BCUT2D eigenvalue weighted by atomic mass is 9.90. The molecule has 3 aromatic heterocycles. The van der Waals surface area contributed by atoms with Crippen molar-refractivity contribution in [3.8, 4) is 0 Å². The van der Waals surface area contributed by atoms with Crippen molar-refractivity contribution < 1.29 is 9.47 Å². The van der Waals surface area contributed by atoms with E-state index in [9.17, 15) is 0 Å². The van der Waals surface area contributed by atoms with Crippen molar-refractivity contribution >= 4 is 38.3 Å². The maximum absolute atomic E-state index is 5.76. The van der Waals surface area contributed by atoms with Gasteiger partial charge in [-0.25, -0.2) is 15.0 Å². The third-order valence-corrected chi connectivity index (χ3v) is 8.95. The predicted molar refractivity (Wildman–Crippen MR) is 138 cm³/mol. The molecule has 4 saturated heterocycles. The zero-order chi connectivity index (χ0) is 23.2. The maximum Gasteiger partial charge on any atom is 0.186 e. The first kappa shape index (κ1) is 21.9. The topological polar surface area (TPSA) is 75.6 Å². The standard InChI is InChI=1S/C26H32N6O2S/c1-2-8-31(7-1)15-22-20(17-5-9-33-10-6-17)3-4-24(28-22)30-25-12-21-23(13-27-25)35-26(29-21)32-14-19-11-18(32)16-34-19/h3-4,12-13,17-19H,1-2,5-11,14-16H2,(H,27,28,30)/t18-,19-/m0/s1. The maximum atomic E-state index is 5.76. The van der Waals surface area contributed by atoms with Crippen molar-refractivity contribution in [1.82, 2.24) is 19.9 Å². The third kappa shape index (κ3) is 4.39. The minimum Gasteiger partial charge on any atom is -0.381 e. The molecule has 2 atom stereocenters. The van der Waals surface area contributed by atoms with Crippen LogP contribution < -0.4 is 10.2 Å². The lowest BCUT2D eigenvalue weighted by Crippen LogP contribution is -2.36. The van der Waals surface area contributed by atoms with E-state index in [0.717, 1.165) is 79.2 Å². The molecule has 0 saturated carbocycles. The average molecular weight is 493 g/mol. The number of aromatic nitrogens is 3. The fourth-order valence-electron chi connectivity index (χ4n) is 6.02. The zero-order valence-electron chi connectivity index (χ0n) is 20.0. The second-order valence-corrected chi connectivity index (χ2v) is 11.3. The number of likely N-dealkylation sites (tertiary alicyclic amines) is 1. The number of hydrogen-bond acceptors (Lipinski definition) is 9. The molecule has 0 spiro atoms. The van der Waals surface area contributed by atoms with E-state index in [2.05, 4.69) is 32.2 Å². The Morgan fingerprint density at radius 1 is 1.09 bits per heavy atom. The second kappa shape index (κ2) is 9.28. The normalized spacial score (nSPS) is 25.2. The number of morpholine rings is 1. The molecule has 4 fully saturated rings. The van der Waals surface area contributed by atoms with E-state index in [1.165, 1.54) is 37.2 Å². The molecule has 0 aromatic carbocycles. The van der Waals surface area contributed by atoms with Gasteiger partial charge in [0.1, 0.15) is 11.6 Å². The molecule has 4 aliphatic rings. The smallest absolute Gasteiger partial charge is 0.186 e. The highest BCUT2D eigenvalue weighted by Gasteiger charge is 2.40. The van der Waals surface area contributed by atoms with Gasteiger partial charge in [-0.05, 0) is 62.7 Å². The van der Waals surface area contributed by atoms with Gasteiger partial charge in [-0.15, -0.1) is 0 Å². The first-order valence-electron chi connectivity index (χ1n) is 13.0. The van der Waals surface area contributed by atoms with Crippen LogP contribution in [0.25, 0.3) is 10.2 Å². The van der Waals surface area contributed by atoms with Gasteiger partial charge in [0, 0.05) is 38.6 Å². The van der Waals surface area contributed by atoms with E-state index < -0.39 is 0 Å². The van der Waals surface area contributed by atoms with E-state index in [0.29, 0.717) is 18.1 Å². The van der Waals surface area contributed by atoms with Gasteiger partial charge < -0.3 is 19.7 Å². The fourth-order valence-corrected chi connectivity index (χ4v) is 7.02. The molecule has 2 bridgehead atoms. The number of hydrogen-bond donors (Lipinski definition) is 1. The summed E-state index contributed by atoms with van der Waals surface area (Å²) >= 11 is 1.72. The predicted octanol–water partition coefficient (Wildman–Crippen LogP) is 4.30. The van der Waals surface area contributed by atoms with Gasteiger partial charge in [0.15, 0.2) is 5.13 Å². The summed E-state index contributed by atoms with van der Waals surface area (Å²) in [7, 11) is 0. The molecule has 1 N–H and O–H groups in total. The van der Waals surface area contributed by atoms with E-state index in [1.807, 2.05) is 12.3 Å². The summed E-state index contributed by atoms with van der Waals surface area (Å²) in [5.74, 6) is 2.18. The summed E-state index contributed by atoms with van der Waals surface area (Å²) in [6.45, 7) is 6.72. The molecule has 7 heterocycles. The quantitative estimate of drug-likeness (QED) is 0.546. The van der Waals surface area contributed by atoms with Crippen LogP contribution in [0.15, 0.2) is 24.4 Å². The molecular weight excluding hydrogens is 460 g/mol. The number of thiazole rings is 1. The minimum absolute atomic E-state index is 0.368. The van der Waals surface area contributed by atoms with Crippen molar-refractivity contribution in [2.75, 3.05) is 49.7 Å². The Morgan fingerprint density at radius 2 is 1.97 bits per heavy atom. The third-order valence-electron chi connectivity index (χ3n) is 7.91. The van der Waals surface area contributed by atoms with Crippen LogP contribution in [-0.2, 0) is 16.0 Å². The van der Waals surface area contributed by atoms with Crippen molar-refractivity contribution in [3.05, 3.63) is 35.7 Å². The number of ether oxygens (including phenoxy) is 2. The summed E-state index contributed by atoms with van der Waals surface area (Å²) in [4.78, 5) is 19.7. The van der Waals surface area contributed by atoms with Gasteiger partial charge in [0.2, 0.25) is 0 Å². The van der Waals surface area contributed by atoms with E-state index in [4.69, 9.17) is 19.4 Å². The Morgan fingerprint density at radius 3 is 2.77 bits per heavy atom. The van der Waals surface area contributed by atoms with Gasteiger partial charge in [-0.3, -0.25) is 4.90 Å². The largest absolute Gasteiger partial charge is 0.381 e. The molecule has 0 radical (unpaired) electrons. The Bertz CT molecular complexity index is 1210. The van der Waals surface area contributed by atoms with E-state index in [-0.39, 0.29) is 0 Å². The highest BCUT2D eigenvalue weighted by Crippen LogP contribution is 2.37. The van der Waals surface area contributed by atoms with Crippen LogP contribution >= 0.6 is 11.3 Å². The first-order chi connectivity index (χ1) is 17.3.